The van der Waals surface area contributed by atoms with Crippen molar-refractivity contribution in [1.29, 1.82) is 0 Å². The van der Waals surface area contributed by atoms with Crippen LogP contribution in [-0.4, -0.2) is 49.1 Å². The number of urea groups is 1. The Hall–Kier alpha value is -1.01. The highest BCUT2D eigenvalue weighted by Crippen LogP contribution is 2.16. The summed E-state index contributed by atoms with van der Waals surface area (Å²) in [5, 5.41) is 2.96. The first-order chi connectivity index (χ1) is 10.0. The van der Waals surface area contributed by atoms with Gasteiger partial charge in [-0.15, -0.1) is 0 Å². The molecule has 1 aromatic heterocycles. The molecule has 0 radical (unpaired) electrons. The van der Waals surface area contributed by atoms with Gasteiger partial charge in [0.05, 0.1) is 6.54 Å². The molecule has 1 N–H and O–H groups in total. The van der Waals surface area contributed by atoms with Crippen molar-refractivity contribution in [3.05, 3.63) is 22.6 Å². The van der Waals surface area contributed by atoms with E-state index in [1.54, 1.807) is 11.9 Å². The van der Waals surface area contributed by atoms with Gasteiger partial charge in [-0.25, -0.2) is 4.79 Å². The van der Waals surface area contributed by atoms with Gasteiger partial charge in [-0.3, -0.25) is 0 Å². The lowest BCUT2D eigenvalue weighted by atomic mass is 9.99. The lowest BCUT2D eigenvalue weighted by Crippen LogP contribution is -2.42. The molecule has 6 heteroatoms. The first-order valence-corrected chi connectivity index (χ1v) is 8.29. The highest BCUT2D eigenvalue weighted by molar-refractivity contribution is 9.10. The van der Waals surface area contributed by atoms with E-state index in [1.165, 1.54) is 12.8 Å². The van der Waals surface area contributed by atoms with Crippen LogP contribution in [0.5, 0.6) is 0 Å². The molecule has 1 fully saturated rings. The molecule has 1 saturated heterocycles. The summed E-state index contributed by atoms with van der Waals surface area (Å²) in [6.07, 6.45) is 2.53. The van der Waals surface area contributed by atoms with E-state index in [0.29, 0.717) is 17.8 Å². The number of rotatable bonds is 5. The molecule has 5 nitrogen and oxygen atoms in total. The quantitative estimate of drug-likeness (QED) is 0.881. The van der Waals surface area contributed by atoms with Gasteiger partial charge in [0.25, 0.3) is 0 Å². The average Bonchev–Trinajstić information content (AvgIpc) is 2.86. The number of halogens is 1. The molecule has 2 heterocycles. The topological polar surface area (TPSA) is 48.7 Å². The summed E-state index contributed by atoms with van der Waals surface area (Å²) >= 11 is 3.26. The van der Waals surface area contributed by atoms with Crippen LogP contribution in [0.4, 0.5) is 4.79 Å². The molecule has 1 aliphatic heterocycles. The number of hydrogen-bond acceptors (Lipinski definition) is 3. The number of nitrogens with one attached hydrogen (secondary N) is 1. The number of carbonyl (C=O) groups excluding carboxylic acids is 1. The van der Waals surface area contributed by atoms with Gasteiger partial charge >= 0.3 is 6.03 Å². The lowest BCUT2D eigenvalue weighted by Gasteiger charge is -2.30. The summed E-state index contributed by atoms with van der Waals surface area (Å²) < 4.78 is 6.09. The van der Waals surface area contributed by atoms with Crippen molar-refractivity contribution in [3.8, 4) is 0 Å². The molecule has 0 atom stereocenters. The highest BCUT2D eigenvalue weighted by atomic mass is 79.9. The van der Waals surface area contributed by atoms with Crippen LogP contribution in [0.3, 0.4) is 0 Å². The van der Waals surface area contributed by atoms with E-state index in [1.807, 2.05) is 12.1 Å². The van der Waals surface area contributed by atoms with Crippen molar-refractivity contribution >= 4 is 22.0 Å². The standard InChI is InChI=1S/C15H24BrN3O2/c1-12-5-8-19(9-6-12)10-7-17-15(20)18(2)11-13-3-4-14(16)21-13/h3-4,12H,5-11H2,1-2H3,(H,17,20). The van der Waals surface area contributed by atoms with Crippen molar-refractivity contribution < 1.29 is 9.21 Å². The van der Waals surface area contributed by atoms with Gasteiger partial charge in [-0.05, 0) is 59.9 Å². The fourth-order valence-corrected chi connectivity index (χ4v) is 2.82. The van der Waals surface area contributed by atoms with Crippen molar-refractivity contribution in [1.82, 2.24) is 15.1 Å². The molecule has 0 aliphatic carbocycles. The van der Waals surface area contributed by atoms with E-state index in [9.17, 15) is 4.79 Å². The first kappa shape index (κ1) is 16.4. The van der Waals surface area contributed by atoms with Gasteiger partial charge in [0, 0.05) is 20.1 Å². The number of hydrogen-bond donors (Lipinski definition) is 1. The third-order valence-corrected chi connectivity index (χ3v) is 4.38. The summed E-state index contributed by atoms with van der Waals surface area (Å²) in [5.74, 6) is 1.61. The Bertz CT molecular complexity index is 456. The second-order valence-corrected chi connectivity index (χ2v) is 6.60. The van der Waals surface area contributed by atoms with Gasteiger partial charge in [-0.2, -0.15) is 0 Å². The van der Waals surface area contributed by atoms with Crippen LogP contribution in [0.15, 0.2) is 21.2 Å². The Morgan fingerprint density at radius 1 is 1.48 bits per heavy atom. The maximum Gasteiger partial charge on any atom is 0.317 e. The summed E-state index contributed by atoms with van der Waals surface area (Å²) in [6.45, 7) is 6.69. The summed E-state index contributed by atoms with van der Waals surface area (Å²) in [7, 11) is 1.77. The van der Waals surface area contributed by atoms with Crippen LogP contribution in [0.2, 0.25) is 0 Å². The Morgan fingerprint density at radius 2 is 2.19 bits per heavy atom. The van der Waals surface area contributed by atoms with Gasteiger partial charge in [-0.1, -0.05) is 6.92 Å². The molecular weight excluding hydrogens is 334 g/mol. The molecule has 0 aromatic carbocycles. The second kappa shape index (κ2) is 7.84. The van der Waals surface area contributed by atoms with Crippen LogP contribution in [0.25, 0.3) is 0 Å². The van der Waals surface area contributed by atoms with Crippen LogP contribution in [0, 0.1) is 5.92 Å². The molecule has 2 rings (SSSR count). The molecule has 21 heavy (non-hydrogen) atoms. The van der Waals surface area contributed by atoms with E-state index in [0.717, 1.165) is 31.3 Å². The number of piperidine rings is 1. The third-order valence-electron chi connectivity index (χ3n) is 3.95. The molecule has 2 amide bonds. The van der Waals surface area contributed by atoms with E-state index < -0.39 is 0 Å². The molecule has 1 aliphatic rings. The van der Waals surface area contributed by atoms with Crippen LogP contribution >= 0.6 is 15.9 Å². The van der Waals surface area contributed by atoms with Gasteiger partial charge < -0.3 is 19.5 Å². The molecule has 0 bridgehead atoms. The fraction of sp³-hybridized carbons (Fsp3) is 0.667. The minimum absolute atomic E-state index is 0.0621. The van der Waals surface area contributed by atoms with E-state index in [4.69, 9.17) is 4.42 Å². The SMILES string of the molecule is CC1CCN(CCNC(=O)N(C)Cc2ccc(Br)o2)CC1. The highest BCUT2D eigenvalue weighted by Gasteiger charge is 2.16. The van der Waals surface area contributed by atoms with Crippen LogP contribution in [0.1, 0.15) is 25.5 Å². The second-order valence-electron chi connectivity index (χ2n) is 5.82. The molecule has 118 valence electrons. The zero-order valence-electron chi connectivity index (χ0n) is 12.8. The Morgan fingerprint density at radius 3 is 2.81 bits per heavy atom. The van der Waals surface area contributed by atoms with Crippen molar-refractivity contribution in [2.45, 2.75) is 26.3 Å². The maximum absolute atomic E-state index is 12.0. The number of furan rings is 1. The summed E-state index contributed by atoms with van der Waals surface area (Å²) in [4.78, 5) is 16.0. The smallest absolute Gasteiger partial charge is 0.317 e. The van der Waals surface area contributed by atoms with E-state index in [2.05, 4.69) is 33.1 Å². The minimum Gasteiger partial charge on any atom is -0.452 e. The zero-order valence-corrected chi connectivity index (χ0v) is 14.4. The Balaban J connectivity index is 1.64. The Kier molecular flexibility index (Phi) is 6.11. The number of amides is 2. The van der Waals surface area contributed by atoms with Crippen molar-refractivity contribution in [2.24, 2.45) is 5.92 Å². The number of likely N-dealkylation sites (tertiary alicyclic amines) is 1. The third kappa shape index (κ3) is 5.36. The first-order valence-electron chi connectivity index (χ1n) is 7.50. The number of carbonyl (C=O) groups is 1. The molecule has 0 saturated carbocycles. The average molecular weight is 358 g/mol. The summed E-state index contributed by atoms with van der Waals surface area (Å²) in [5.41, 5.74) is 0. The molecule has 0 spiro atoms. The van der Waals surface area contributed by atoms with Gasteiger partial charge in [0.2, 0.25) is 0 Å². The zero-order chi connectivity index (χ0) is 15.2. The summed E-state index contributed by atoms with van der Waals surface area (Å²) in [6, 6.07) is 3.63. The normalized spacial score (nSPS) is 16.9. The largest absolute Gasteiger partial charge is 0.452 e. The van der Waals surface area contributed by atoms with Gasteiger partial charge in [0.1, 0.15) is 5.76 Å². The van der Waals surface area contributed by atoms with Crippen molar-refractivity contribution in [2.75, 3.05) is 33.2 Å². The van der Waals surface area contributed by atoms with Gasteiger partial charge in [0.15, 0.2) is 4.67 Å². The van der Waals surface area contributed by atoms with Crippen LogP contribution < -0.4 is 5.32 Å². The Labute approximate surface area is 134 Å². The van der Waals surface area contributed by atoms with Crippen molar-refractivity contribution in [3.63, 3.8) is 0 Å². The molecular formula is C15H24BrN3O2. The van der Waals surface area contributed by atoms with E-state index >= 15 is 0 Å². The molecule has 1 aromatic rings. The maximum atomic E-state index is 12.0. The van der Waals surface area contributed by atoms with Crippen LogP contribution in [-0.2, 0) is 6.54 Å². The lowest BCUT2D eigenvalue weighted by molar-refractivity contribution is 0.183. The molecule has 0 unspecified atom stereocenters. The fourth-order valence-electron chi connectivity index (χ4n) is 2.48. The monoisotopic (exact) mass is 357 g/mol. The van der Waals surface area contributed by atoms with E-state index in [-0.39, 0.29) is 6.03 Å². The predicted molar refractivity (Wildman–Crippen MR) is 86.1 cm³/mol. The minimum atomic E-state index is -0.0621. The number of nitrogens with zero attached hydrogens (tertiary/aromatic N) is 2. The predicted octanol–water partition coefficient (Wildman–Crippen LogP) is 2.92.